The van der Waals surface area contributed by atoms with E-state index in [0.29, 0.717) is 0 Å². The van der Waals surface area contributed by atoms with Crippen molar-refractivity contribution < 1.29 is 9.59 Å². The molecule has 1 saturated carbocycles. The van der Waals surface area contributed by atoms with Crippen molar-refractivity contribution in [1.82, 2.24) is 10.6 Å². The molecule has 0 bridgehead atoms. The molecule has 0 spiro atoms. The van der Waals surface area contributed by atoms with Gasteiger partial charge in [-0.2, -0.15) is 0 Å². The molecule has 3 N–H and O–H groups in total. The van der Waals surface area contributed by atoms with Crippen molar-refractivity contribution in [3.8, 4) is 0 Å². The number of fused-ring (bicyclic) bond motifs is 1. The first-order valence-electron chi connectivity index (χ1n) is 9.87. The molecule has 1 aliphatic heterocycles. The number of hydrogen-bond acceptors (Lipinski definition) is 4. The summed E-state index contributed by atoms with van der Waals surface area (Å²) in [6.45, 7) is 0. The zero-order valence-electron chi connectivity index (χ0n) is 15.7. The molecule has 2 amide bonds. The third kappa shape index (κ3) is 4.56. The molecule has 4 rings (SSSR count). The molecule has 146 valence electrons. The monoisotopic (exact) mass is 395 g/mol. The topological polar surface area (TPSA) is 70.2 Å². The number of anilines is 1. The van der Waals surface area contributed by atoms with E-state index in [2.05, 4.69) is 16.0 Å². The van der Waals surface area contributed by atoms with Gasteiger partial charge in [0.1, 0.15) is 0 Å². The number of rotatable bonds is 5. The van der Waals surface area contributed by atoms with Gasteiger partial charge in [0.15, 0.2) is 0 Å². The maximum atomic E-state index is 12.7. The molecule has 0 radical (unpaired) electrons. The maximum Gasteiger partial charge on any atom is 0.237 e. The molecule has 1 aliphatic carbocycles. The number of para-hydroxylation sites is 1. The fraction of sp³-hybridized carbons (Fsp3) is 0.364. The fourth-order valence-corrected chi connectivity index (χ4v) is 4.86. The van der Waals surface area contributed by atoms with Crippen LogP contribution in [0.15, 0.2) is 64.4 Å². The van der Waals surface area contributed by atoms with E-state index in [-0.39, 0.29) is 30.3 Å². The smallest absolute Gasteiger partial charge is 0.237 e. The second-order valence-electron chi connectivity index (χ2n) is 7.39. The molecular formula is C22H25N3O2S. The summed E-state index contributed by atoms with van der Waals surface area (Å²) >= 11 is 1.61. The van der Waals surface area contributed by atoms with Gasteiger partial charge in [0, 0.05) is 21.9 Å². The molecule has 1 heterocycles. The number of carbonyl (C=O) groups is 2. The Bertz CT molecular complexity index is 843. The van der Waals surface area contributed by atoms with Gasteiger partial charge in [-0.05, 0) is 37.1 Å². The quantitative estimate of drug-likeness (QED) is 0.724. The molecule has 2 aromatic carbocycles. The van der Waals surface area contributed by atoms with Crippen molar-refractivity contribution in [3.63, 3.8) is 0 Å². The van der Waals surface area contributed by atoms with Crippen LogP contribution in [-0.4, -0.2) is 29.9 Å². The van der Waals surface area contributed by atoms with Gasteiger partial charge in [0.05, 0.1) is 18.2 Å². The first kappa shape index (κ1) is 19.0. The molecule has 0 unspecified atom stereocenters. The van der Waals surface area contributed by atoms with Gasteiger partial charge in [-0.25, -0.2) is 0 Å². The Morgan fingerprint density at radius 2 is 1.71 bits per heavy atom. The van der Waals surface area contributed by atoms with Crippen molar-refractivity contribution in [2.24, 2.45) is 0 Å². The second kappa shape index (κ2) is 8.80. The zero-order valence-corrected chi connectivity index (χ0v) is 16.5. The van der Waals surface area contributed by atoms with Gasteiger partial charge in [0.25, 0.3) is 0 Å². The normalized spacial score (nSPS) is 24.1. The Hall–Kier alpha value is -2.31. The standard InChI is InChI=1S/C22H25N3O2S/c26-21(14-19-22(27)25-17-11-5-4-10-16(17)23-19)24-18-12-6-7-13-20(18)28-15-8-2-1-3-9-15/h1-3,6-9,12-13,16-17,19,23H,4-5,10-11,14H2,(H,24,26)(H,25,27)/t16-,17+,19-/m0/s1. The molecule has 0 aromatic heterocycles. The van der Waals surface area contributed by atoms with Crippen LogP contribution in [0.5, 0.6) is 0 Å². The molecular weight excluding hydrogens is 370 g/mol. The average molecular weight is 396 g/mol. The van der Waals surface area contributed by atoms with Crippen LogP contribution in [0.2, 0.25) is 0 Å². The summed E-state index contributed by atoms with van der Waals surface area (Å²) in [4.78, 5) is 27.1. The van der Waals surface area contributed by atoms with Gasteiger partial charge in [-0.1, -0.05) is 54.9 Å². The van der Waals surface area contributed by atoms with E-state index in [1.807, 2.05) is 54.6 Å². The van der Waals surface area contributed by atoms with Gasteiger partial charge >= 0.3 is 0 Å². The molecule has 2 fully saturated rings. The van der Waals surface area contributed by atoms with Gasteiger partial charge < -0.3 is 16.0 Å². The van der Waals surface area contributed by atoms with E-state index in [9.17, 15) is 9.59 Å². The number of benzene rings is 2. The Labute approximate surface area is 169 Å². The maximum absolute atomic E-state index is 12.7. The summed E-state index contributed by atoms with van der Waals surface area (Å²) in [5.41, 5.74) is 0.771. The molecule has 2 aromatic rings. The van der Waals surface area contributed by atoms with Gasteiger partial charge in [-0.3, -0.25) is 9.59 Å². The summed E-state index contributed by atoms with van der Waals surface area (Å²) in [5.74, 6) is -0.215. The Balaban J connectivity index is 1.39. The number of nitrogens with one attached hydrogen (secondary N) is 3. The molecule has 2 aliphatic rings. The highest BCUT2D eigenvalue weighted by Crippen LogP contribution is 2.33. The second-order valence-corrected chi connectivity index (χ2v) is 8.50. The first-order chi connectivity index (χ1) is 13.7. The van der Waals surface area contributed by atoms with E-state index in [0.717, 1.165) is 34.7 Å². The molecule has 28 heavy (non-hydrogen) atoms. The van der Waals surface area contributed by atoms with Crippen LogP contribution in [0.25, 0.3) is 0 Å². The van der Waals surface area contributed by atoms with E-state index >= 15 is 0 Å². The highest BCUT2D eigenvalue weighted by Gasteiger charge is 2.37. The van der Waals surface area contributed by atoms with Crippen molar-refractivity contribution in [3.05, 3.63) is 54.6 Å². The molecule has 1 saturated heterocycles. The lowest BCUT2D eigenvalue weighted by atomic mass is 9.87. The van der Waals surface area contributed by atoms with Crippen LogP contribution in [0.1, 0.15) is 32.1 Å². The van der Waals surface area contributed by atoms with Gasteiger partial charge in [-0.15, -0.1) is 0 Å². The highest BCUT2D eigenvalue weighted by molar-refractivity contribution is 7.99. The molecule has 5 nitrogen and oxygen atoms in total. The largest absolute Gasteiger partial charge is 0.350 e. The van der Waals surface area contributed by atoms with Crippen LogP contribution >= 0.6 is 11.8 Å². The van der Waals surface area contributed by atoms with E-state index in [4.69, 9.17) is 0 Å². The van der Waals surface area contributed by atoms with Crippen molar-refractivity contribution in [2.45, 2.75) is 60.0 Å². The summed E-state index contributed by atoms with van der Waals surface area (Å²) in [6, 6.07) is 17.8. The SMILES string of the molecule is O=C(C[C@@H]1N[C@H]2CCCC[C@H]2NC1=O)Nc1ccccc1Sc1ccccc1. The summed E-state index contributed by atoms with van der Waals surface area (Å²) in [7, 11) is 0. The van der Waals surface area contributed by atoms with Crippen LogP contribution in [-0.2, 0) is 9.59 Å². The fourth-order valence-electron chi connectivity index (χ4n) is 3.93. The minimum absolute atomic E-state index is 0.0646. The van der Waals surface area contributed by atoms with Gasteiger partial charge in [0.2, 0.25) is 11.8 Å². The Morgan fingerprint density at radius 1 is 1.00 bits per heavy atom. The molecule has 3 atom stereocenters. The highest BCUT2D eigenvalue weighted by atomic mass is 32.2. The summed E-state index contributed by atoms with van der Waals surface area (Å²) < 4.78 is 0. The summed E-state index contributed by atoms with van der Waals surface area (Å²) in [5, 5.41) is 9.49. The minimum Gasteiger partial charge on any atom is -0.350 e. The zero-order chi connectivity index (χ0) is 19.3. The number of hydrogen-bond donors (Lipinski definition) is 3. The predicted molar refractivity (Wildman–Crippen MR) is 111 cm³/mol. The lowest BCUT2D eigenvalue weighted by molar-refractivity contribution is -0.129. The first-order valence-corrected chi connectivity index (χ1v) is 10.7. The van der Waals surface area contributed by atoms with Crippen molar-refractivity contribution in [2.75, 3.05) is 5.32 Å². The minimum atomic E-state index is -0.465. The Kier molecular flexibility index (Phi) is 5.98. The summed E-state index contributed by atoms with van der Waals surface area (Å²) in [6.07, 6.45) is 4.54. The van der Waals surface area contributed by atoms with Crippen LogP contribution in [0.4, 0.5) is 5.69 Å². The lowest BCUT2D eigenvalue weighted by Crippen LogP contribution is -2.65. The van der Waals surface area contributed by atoms with E-state index < -0.39 is 6.04 Å². The average Bonchev–Trinajstić information content (AvgIpc) is 2.71. The predicted octanol–water partition coefficient (Wildman–Crippen LogP) is 3.57. The molecule has 6 heteroatoms. The third-order valence-corrected chi connectivity index (χ3v) is 6.43. The van der Waals surface area contributed by atoms with Crippen LogP contribution < -0.4 is 16.0 Å². The van der Waals surface area contributed by atoms with E-state index in [1.54, 1.807) is 11.8 Å². The van der Waals surface area contributed by atoms with E-state index in [1.165, 1.54) is 6.42 Å². The third-order valence-electron chi connectivity index (χ3n) is 5.35. The lowest BCUT2D eigenvalue weighted by Gasteiger charge is -2.40. The van der Waals surface area contributed by atoms with Crippen molar-refractivity contribution in [1.29, 1.82) is 0 Å². The Morgan fingerprint density at radius 3 is 2.54 bits per heavy atom. The van der Waals surface area contributed by atoms with Crippen LogP contribution in [0.3, 0.4) is 0 Å². The number of amides is 2. The number of carbonyl (C=O) groups excluding carboxylic acids is 2. The van der Waals surface area contributed by atoms with Crippen molar-refractivity contribution >= 4 is 29.3 Å². The van der Waals surface area contributed by atoms with Crippen LogP contribution in [0, 0.1) is 0 Å². The number of piperazine rings is 1.